The van der Waals surface area contributed by atoms with E-state index in [9.17, 15) is 21.6 Å². The molecule has 0 bridgehead atoms. The van der Waals surface area contributed by atoms with Crippen molar-refractivity contribution in [2.75, 3.05) is 31.1 Å². The summed E-state index contributed by atoms with van der Waals surface area (Å²) in [6, 6.07) is 10.2. The summed E-state index contributed by atoms with van der Waals surface area (Å²) in [4.78, 5) is 1.95. The molecule has 1 aliphatic heterocycles. The lowest BCUT2D eigenvalue weighted by Gasteiger charge is -2.35. The van der Waals surface area contributed by atoms with Crippen molar-refractivity contribution in [1.29, 1.82) is 0 Å². The number of nitrogens with zero attached hydrogens (tertiary/aromatic N) is 3. The van der Waals surface area contributed by atoms with Gasteiger partial charge in [-0.05, 0) is 50.6 Å². The van der Waals surface area contributed by atoms with E-state index in [1.54, 1.807) is 36.1 Å². The van der Waals surface area contributed by atoms with E-state index in [0.29, 0.717) is 35.7 Å². The van der Waals surface area contributed by atoms with E-state index in [1.807, 2.05) is 13.8 Å². The van der Waals surface area contributed by atoms with Crippen LogP contribution in [-0.4, -0.2) is 44.1 Å². The number of aromatic nitrogens is 1. The quantitative estimate of drug-likeness (QED) is 0.538. The van der Waals surface area contributed by atoms with Crippen LogP contribution in [0.1, 0.15) is 22.4 Å². The highest BCUT2D eigenvalue weighted by Gasteiger charge is 2.33. The molecule has 1 aromatic heterocycles. The Kier molecular flexibility index (Phi) is 6.00. The van der Waals surface area contributed by atoms with E-state index in [4.69, 9.17) is 4.52 Å². The number of benzene rings is 2. The van der Waals surface area contributed by atoms with Gasteiger partial charge in [0.25, 0.3) is 0 Å². The molecule has 6 nitrogen and oxygen atoms in total. The molecule has 176 valence electrons. The number of halogens is 3. The molecule has 2 aromatic carbocycles. The Morgan fingerprint density at radius 3 is 2.27 bits per heavy atom. The minimum absolute atomic E-state index is 0.169. The van der Waals surface area contributed by atoms with Crippen molar-refractivity contribution >= 4 is 15.7 Å². The first kappa shape index (κ1) is 23.3. The molecule has 0 unspecified atom stereocenters. The fourth-order valence-corrected chi connectivity index (χ4v) is 5.58. The first-order valence-corrected chi connectivity index (χ1v) is 11.9. The normalized spacial score (nSPS) is 15.8. The summed E-state index contributed by atoms with van der Waals surface area (Å²) in [6.45, 7) is 6.33. The zero-order chi connectivity index (χ0) is 24.0. The predicted molar refractivity (Wildman–Crippen MR) is 119 cm³/mol. The molecule has 2 heterocycles. The summed E-state index contributed by atoms with van der Waals surface area (Å²) in [5, 5.41) is 3.94. The van der Waals surface area contributed by atoms with Crippen molar-refractivity contribution in [2.45, 2.75) is 31.8 Å². The summed E-state index contributed by atoms with van der Waals surface area (Å²) >= 11 is 0. The molecule has 0 radical (unpaired) electrons. The van der Waals surface area contributed by atoms with Gasteiger partial charge in [-0.25, -0.2) is 8.42 Å². The van der Waals surface area contributed by atoms with E-state index in [0.717, 1.165) is 23.4 Å². The Labute approximate surface area is 190 Å². The average Bonchev–Trinajstić information content (AvgIpc) is 3.12. The molecular formula is C23H24F3N3O3S. The second-order valence-corrected chi connectivity index (χ2v) is 10.0. The van der Waals surface area contributed by atoms with Crippen molar-refractivity contribution in [2.24, 2.45) is 0 Å². The Morgan fingerprint density at radius 2 is 1.67 bits per heavy atom. The molecule has 0 aliphatic carbocycles. The maximum atomic E-state index is 13.4. The molecular weight excluding hydrogens is 455 g/mol. The Balaban J connectivity index is 1.55. The van der Waals surface area contributed by atoms with Crippen LogP contribution in [0.25, 0.3) is 11.3 Å². The lowest BCUT2D eigenvalue weighted by molar-refractivity contribution is -0.137. The third-order valence-corrected chi connectivity index (χ3v) is 8.04. The molecule has 0 saturated carbocycles. The van der Waals surface area contributed by atoms with E-state index < -0.39 is 21.8 Å². The average molecular weight is 480 g/mol. The van der Waals surface area contributed by atoms with Crippen LogP contribution in [0.4, 0.5) is 18.9 Å². The SMILES string of the molecule is Cc1ccc(-c2onc(C)c2C)cc1S(=O)(=O)N1CCN(c2cccc(C(F)(F)F)c2)CC1. The highest BCUT2D eigenvalue weighted by Crippen LogP contribution is 2.33. The summed E-state index contributed by atoms with van der Waals surface area (Å²) in [5.41, 5.74) is 2.52. The molecule has 0 spiro atoms. The van der Waals surface area contributed by atoms with Crippen molar-refractivity contribution in [3.05, 3.63) is 64.8 Å². The van der Waals surface area contributed by atoms with E-state index >= 15 is 0 Å². The molecule has 4 rings (SSSR count). The lowest BCUT2D eigenvalue weighted by atomic mass is 10.1. The lowest BCUT2D eigenvalue weighted by Crippen LogP contribution is -2.48. The Bertz CT molecular complexity index is 1280. The van der Waals surface area contributed by atoms with Gasteiger partial charge in [0.1, 0.15) is 0 Å². The number of aryl methyl sites for hydroxylation is 2. The van der Waals surface area contributed by atoms with Crippen molar-refractivity contribution in [3.63, 3.8) is 0 Å². The van der Waals surface area contributed by atoms with E-state index in [2.05, 4.69) is 5.16 Å². The minimum atomic E-state index is -4.43. The van der Waals surface area contributed by atoms with E-state index in [-0.39, 0.29) is 18.0 Å². The van der Waals surface area contributed by atoms with Crippen molar-refractivity contribution in [3.8, 4) is 11.3 Å². The topological polar surface area (TPSA) is 66.7 Å². The number of anilines is 1. The van der Waals surface area contributed by atoms with Gasteiger partial charge in [0.15, 0.2) is 5.76 Å². The monoisotopic (exact) mass is 479 g/mol. The molecule has 0 atom stereocenters. The smallest absolute Gasteiger partial charge is 0.369 e. The van der Waals surface area contributed by atoms with Crippen LogP contribution in [0.5, 0.6) is 0 Å². The number of alkyl halides is 3. The summed E-state index contributed by atoms with van der Waals surface area (Å²) in [7, 11) is -3.80. The van der Waals surface area contributed by atoms with Crippen LogP contribution in [0, 0.1) is 20.8 Å². The van der Waals surface area contributed by atoms with Crippen molar-refractivity contribution in [1.82, 2.24) is 9.46 Å². The predicted octanol–water partition coefficient (Wildman–Crippen LogP) is 4.80. The highest BCUT2D eigenvalue weighted by atomic mass is 32.2. The molecule has 1 saturated heterocycles. The van der Waals surface area contributed by atoms with Gasteiger partial charge in [-0.15, -0.1) is 0 Å². The fraction of sp³-hybridized carbons (Fsp3) is 0.348. The van der Waals surface area contributed by atoms with Crippen LogP contribution in [0.2, 0.25) is 0 Å². The van der Waals surface area contributed by atoms with Crippen LogP contribution in [0.3, 0.4) is 0 Å². The zero-order valence-corrected chi connectivity index (χ0v) is 19.3. The standard InChI is InChI=1S/C23H24F3N3O3S/c1-15-7-8-18(22-16(2)17(3)27-32-22)13-21(15)33(30,31)29-11-9-28(10-12-29)20-6-4-5-19(14-20)23(24,25)26/h4-8,13-14H,9-12H2,1-3H3. The number of rotatable bonds is 4. The molecule has 0 N–H and O–H groups in total. The van der Waals surface area contributed by atoms with Crippen LogP contribution >= 0.6 is 0 Å². The summed E-state index contributed by atoms with van der Waals surface area (Å²) in [5.74, 6) is 0.526. The summed E-state index contributed by atoms with van der Waals surface area (Å²) in [6.07, 6.45) is -4.43. The van der Waals surface area contributed by atoms with E-state index in [1.165, 1.54) is 10.4 Å². The largest absolute Gasteiger partial charge is 0.416 e. The second-order valence-electron chi connectivity index (χ2n) is 8.14. The van der Waals surface area contributed by atoms with Gasteiger partial charge < -0.3 is 9.42 Å². The number of piperazine rings is 1. The first-order chi connectivity index (χ1) is 15.5. The highest BCUT2D eigenvalue weighted by molar-refractivity contribution is 7.89. The molecule has 10 heteroatoms. The molecule has 1 fully saturated rings. The second kappa shape index (κ2) is 8.49. The summed E-state index contributed by atoms with van der Waals surface area (Å²) < 4.78 is 72.7. The molecule has 0 amide bonds. The third kappa shape index (κ3) is 4.49. The third-order valence-electron chi connectivity index (χ3n) is 6.00. The minimum Gasteiger partial charge on any atom is -0.369 e. The number of hydrogen-bond acceptors (Lipinski definition) is 5. The maximum Gasteiger partial charge on any atom is 0.416 e. The first-order valence-electron chi connectivity index (χ1n) is 10.4. The molecule has 1 aliphatic rings. The number of sulfonamides is 1. The Morgan fingerprint density at radius 1 is 0.970 bits per heavy atom. The van der Waals surface area contributed by atoms with Crippen molar-refractivity contribution < 1.29 is 26.1 Å². The van der Waals surface area contributed by atoms with Gasteiger partial charge in [-0.2, -0.15) is 17.5 Å². The van der Waals surface area contributed by atoms with Crippen LogP contribution in [-0.2, 0) is 16.2 Å². The fourth-order valence-electron chi connectivity index (χ4n) is 3.91. The maximum absolute atomic E-state index is 13.4. The van der Waals surface area contributed by atoms with Crippen LogP contribution < -0.4 is 4.90 Å². The number of hydrogen-bond donors (Lipinski definition) is 0. The van der Waals surface area contributed by atoms with Gasteiger partial charge in [-0.3, -0.25) is 0 Å². The van der Waals surface area contributed by atoms with Gasteiger partial charge in [0.05, 0.1) is 16.2 Å². The molecule has 33 heavy (non-hydrogen) atoms. The van der Waals surface area contributed by atoms with Gasteiger partial charge in [-0.1, -0.05) is 23.4 Å². The van der Waals surface area contributed by atoms with Gasteiger partial charge >= 0.3 is 6.18 Å². The molecule has 3 aromatic rings. The van der Waals surface area contributed by atoms with Gasteiger partial charge in [0, 0.05) is 43.0 Å². The van der Waals surface area contributed by atoms with Gasteiger partial charge in [0.2, 0.25) is 10.0 Å². The zero-order valence-electron chi connectivity index (χ0n) is 18.5. The Hall–Kier alpha value is -2.85. The van der Waals surface area contributed by atoms with Crippen LogP contribution in [0.15, 0.2) is 51.9 Å².